The third kappa shape index (κ3) is 21.3. The van der Waals surface area contributed by atoms with Gasteiger partial charge in [-0.15, -0.1) is 0 Å². The molecule has 2 aliphatic rings. The van der Waals surface area contributed by atoms with Crippen LogP contribution >= 0.6 is 25.3 Å². The van der Waals surface area contributed by atoms with Crippen molar-refractivity contribution in [2.75, 3.05) is 31.2 Å². The number of phenols is 1. The number of aliphatic hydroxyl groups is 1. The minimum atomic E-state index is -1.69. The summed E-state index contributed by atoms with van der Waals surface area (Å²) in [5, 5.41) is 48.8. The number of aliphatic hydroxyl groups excluding tert-OH is 1. The number of nitrogens with one attached hydrogen (secondary N) is 8. The molecule has 2 aliphatic heterocycles. The van der Waals surface area contributed by atoms with E-state index in [9.17, 15) is 77.6 Å². The van der Waals surface area contributed by atoms with Crippen LogP contribution in [0.5, 0.6) is 5.75 Å². The Morgan fingerprint density at radius 2 is 1.04 bits per heavy atom. The monoisotopic (exact) mass is 1180 g/mol. The number of carboxylic acids is 1. The van der Waals surface area contributed by atoms with E-state index in [1.54, 1.807) is 13.8 Å². The molecule has 0 aliphatic carbocycles. The summed E-state index contributed by atoms with van der Waals surface area (Å²) < 4.78 is 0. The Morgan fingerprint density at radius 3 is 1.52 bits per heavy atom. The van der Waals surface area contributed by atoms with Crippen LogP contribution in [-0.2, 0) is 68.7 Å². The van der Waals surface area contributed by atoms with Gasteiger partial charge in [0.2, 0.25) is 70.9 Å². The molecule has 11 atom stereocenters. The zero-order valence-electron chi connectivity index (χ0n) is 45.5. The second kappa shape index (κ2) is 32.9. The molecule has 17 N–H and O–H groups in total. The lowest BCUT2D eigenvalue weighted by Crippen LogP contribution is -2.60. The van der Waals surface area contributed by atoms with Gasteiger partial charge in [0.25, 0.3) is 0 Å². The van der Waals surface area contributed by atoms with Crippen molar-refractivity contribution < 1.29 is 77.6 Å². The zero-order chi connectivity index (χ0) is 60.8. The SMILES string of the molecule is CC(C)C[C@H](NC(=O)[C@H](CCC(N)=O)NC(=O)[C@@H](N)CS)C(=O)N1CCC[C@H]1C(=O)N1CCC[C@H]1C(=O)N[C@@H](CO)C(=O)N[C@@H](C)C(=O)N[C@@H](CCC(N)=O)C(=O)N[C@@H](Cc1ccc(O)cc1)C(=O)N[C@@H](C)C(=O)N[C@@H](CS)C(=O)O. The summed E-state index contributed by atoms with van der Waals surface area (Å²) in [7, 11) is 0. The number of thiol groups is 2. The number of rotatable bonds is 32. The first-order chi connectivity index (χ1) is 38.1. The van der Waals surface area contributed by atoms with Gasteiger partial charge in [0.05, 0.1) is 12.6 Å². The number of benzene rings is 1. The van der Waals surface area contributed by atoms with Crippen molar-refractivity contribution in [1.29, 1.82) is 0 Å². The van der Waals surface area contributed by atoms with E-state index in [4.69, 9.17) is 17.2 Å². The van der Waals surface area contributed by atoms with Gasteiger partial charge in [-0.3, -0.25) is 57.5 Å². The molecule has 0 bridgehead atoms. The van der Waals surface area contributed by atoms with Gasteiger partial charge in [-0.2, -0.15) is 25.3 Å². The van der Waals surface area contributed by atoms with Crippen molar-refractivity contribution in [2.24, 2.45) is 23.1 Å². The van der Waals surface area contributed by atoms with Crippen molar-refractivity contribution in [2.45, 2.75) is 158 Å². The van der Waals surface area contributed by atoms with Gasteiger partial charge in [-0.25, -0.2) is 4.79 Å². The zero-order valence-corrected chi connectivity index (χ0v) is 47.3. The molecule has 2 saturated heterocycles. The molecule has 31 heteroatoms. The molecule has 3 rings (SSSR count). The molecule has 0 spiro atoms. The van der Waals surface area contributed by atoms with Crippen molar-refractivity contribution in [3.63, 3.8) is 0 Å². The van der Waals surface area contributed by atoms with Crippen LogP contribution < -0.4 is 59.7 Å². The van der Waals surface area contributed by atoms with Gasteiger partial charge in [0.15, 0.2) is 0 Å². The summed E-state index contributed by atoms with van der Waals surface area (Å²) in [6, 6.07) is -9.30. The van der Waals surface area contributed by atoms with Gasteiger partial charge in [-0.1, -0.05) is 26.0 Å². The Bertz CT molecular complexity index is 2460. The number of carboxylic acid groups (broad SMARTS) is 1. The van der Waals surface area contributed by atoms with Gasteiger partial charge >= 0.3 is 5.97 Å². The molecule has 12 amide bonds. The van der Waals surface area contributed by atoms with E-state index in [0.717, 1.165) is 0 Å². The Labute approximate surface area is 478 Å². The molecule has 0 radical (unpaired) electrons. The molecule has 0 aromatic heterocycles. The number of carbonyl (C=O) groups is 13. The van der Waals surface area contributed by atoms with E-state index in [1.807, 2.05) is 0 Å². The highest BCUT2D eigenvalue weighted by molar-refractivity contribution is 7.80. The quantitative estimate of drug-likeness (QED) is 0.0300. The third-order valence-electron chi connectivity index (χ3n) is 13.3. The molecule has 0 unspecified atom stereocenters. The predicted molar refractivity (Wildman–Crippen MR) is 295 cm³/mol. The molecule has 2 fully saturated rings. The van der Waals surface area contributed by atoms with Crippen LogP contribution in [0.1, 0.15) is 91.0 Å². The topological polar surface area (TPSA) is 463 Å². The molecule has 1 aromatic carbocycles. The normalized spacial score (nSPS) is 18.2. The molecule has 1 aromatic rings. The lowest BCUT2D eigenvalue weighted by atomic mass is 10.0. The van der Waals surface area contributed by atoms with Crippen molar-refractivity contribution in [3.8, 4) is 5.75 Å². The Hall–Kier alpha value is -7.25. The molecule has 29 nitrogen and oxygen atoms in total. The lowest BCUT2D eigenvalue weighted by Gasteiger charge is -2.34. The summed E-state index contributed by atoms with van der Waals surface area (Å²) in [5.41, 5.74) is 16.9. The van der Waals surface area contributed by atoms with Gasteiger partial charge in [0, 0.05) is 43.9 Å². The van der Waals surface area contributed by atoms with Crippen LogP contribution in [0.4, 0.5) is 0 Å². The maximum Gasteiger partial charge on any atom is 0.327 e. The highest BCUT2D eigenvalue weighted by Gasteiger charge is 2.45. The number of carbonyl (C=O) groups excluding carboxylic acids is 12. The number of amides is 12. The van der Waals surface area contributed by atoms with Gasteiger partial charge in [-0.05, 0) is 82.4 Å². The second-order valence-electron chi connectivity index (χ2n) is 20.2. The van der Waals surface area contributed by atoms with Crippen LogP contribution in [0.3, 0.4) is 0 Å². The number of hydrogen-bond acceptors (Lipinski definition) is 18. The molecule has 81 heavy (non-hydrogen) atoms. The highest BCUT2D eigenvalue weighted by Crippen LogP contribution is 2.27. The minimum Gasteiger partial charge on any atom is -0.508 e. The van der Waals surface area contributed by atoms with E-state index < -0.39 is 163 Å². The third-order valence-corrected chi connectivity index (χ3v) is 14.0. The fourth-order valence-electron chi connectivity index (χ4n) is 8.77. The first-order valence-corrected chi connectivity index (χ1v) is 27.6. The summed E-state index contributed by atoms with van der Waals surface area (Å²) in [6.45, 7) is 5.28. The summed E-state index contributed by atoms with van der Waals surface area (Å²) in [4.78, 5) is 174. The first-order valence-electron chi connectivity index (χ1n) is 26.3. The minimum absolute atomic E-state index is 0.0494. The fourth-order valence-corrected chi connectivity index (χ4v) is 9.18. The van der Waals surface area contributed by atoms with Crippen LogP contribution in [-0.4, -0.2) is 200 Å². The Kier molecular flexibility index (Phi) is 27.6. The van der Waals surface area contributed by atoms with E-state index in [-0.39, 0.29) is 74.8 Å². The van der Waals surface area contributed by atoms with Crippen LogP contribution in [0.25, 0.3) is 0 Å². The average Bonchev–Trinajstić information content (AvgIpc) is 4.14. The lowest BCUT2D eigenvalue weighted by molar-refractivity contribution is -0.148. The fraction of sp³-hybridized carbons (Fsp3) is 0.620. The number of aliphatic carboxylic acids is 1. The van der Waals surface area contributed by atoms with Gasteiger partial charge in [0.1, 0.15) is 66.2 Å². The molecule has 2 heterocycles. The summed E-state index contributed by atoms with van der Waals surface area (Å²) in [6.07, 6.45) is -0.424. The number of primary amides is 2. The largest absolute Gasteiger partial charge is 0.508 e. The Morgan fingerprint density at radius 1 is 0.580 bits per heavy atom. The predicted octanol–water partition coefficient (Wildman–Crippen LogP) is -5.32. The second-order valence-corrected chi connectivity index (χ2v) is 20.9. The van der Waals surface area contributed by atoms with E-state index in [0.29, 0.717) is 18.4 Å². The van der Waals surface area contributed by atoms with E-state index in [2.05, 4.69) is 67.8 Å². The number of nitrogens with two attached hydrogens (primary N) is 3. The van der Waals surface area contributed by atoms with Crippen LogP contribution in [0, 0.1) is 5.92 Å². The molecule has 450 valence electrons. The van der Waals surface area contributed by atoms with Gasteiger partial charge < -0.3 is 84.9 Å². The average molecular weight is 1180 g/mol. The molecular weight excluding hydrogens is 1100 g/mol. The van der Waals surface area contributed by atoms with Crippen molar-refractivity contribution >= 4 is 102 Å². The van der Waals surface area contributed by atoms with Crippen LogP contribution in [0.2, 0.25) is 0 Å². The van der Waals surface area contributed by atoms with E-state index >= 15 is 0 Å². The molecule has 0 saturated carbocycles. The number of hydrogen-bond donors (Lipinski definition) is 16. The number of likely N-dealkylation sites (tertiary alicyclic amines) is 2. The standard InChI is InChI=1S/C50H77N13O16S2/c1-24(2)19-33(59-44(72)31(14-16-39(53)67)57-42(70)29(51)22-80)48(76)63-18-6-8-37(63)49(77)62-17-5-7-36(62)47(75)60-34(21-64)46(74)55-25(3)40(68)56-30(13-15-38(52)66)43(71)58-32(20-27-9-11-28(65)12-10-27)45(73)54-26(4)41(69)61-35(23-81)50(78)79/h9-12,24-26,29-37,64-65,80-81H,5-8,13-23,51H2,1-4H3,(H2,52,66)(H2,53,67)(H,54,73)(H,55,74)(H,56,68)(H,57,70)(H,58,71)(H,59,72)(H,60,75)(H,61,69)(H,78,79)/t25-,26-,29-,30-,31-,32-,33-,34-,35-,36-,37-/m0/s1. The summed E-state index contributed by atoms with van der Waals surface area (Å²) in [5.74, 6) is -12.1. The van der Waals surface area contributed by atoms with Crippen molar-refractivity contribution in [3.05, 3.63) is 29.8 Å². The Balaban J connectivity index is 1.74. The smallest absolute Gasteiger partial charge is 0.327 e. The molecular formula is C50H77N13O16S2. The number of aromatic hydroxyl groups is 1. The van der Waals surface area contributed by atoms with E-state index in [1.165, 1.54) is 47.9 Å². The summed E-state index contributed by atoms with van der Waals surface area (Å²) >= 11 is 7.92. The van der Waals surface area contributed by atoms with Crippen molar-refractivity contribution in [1.82, 2.24) is 52.3 Å². The maximum absolute atomic E-state index is 14.3. The maximum atomic E-state index is 14.3. The number of phenolic OH excluding ortho intramolecular Hbond substituents is 1. The highest BCUT2D eigenvalue weighted by atomic mass is 32.1. The first kappa shape index (κ1) is 68.0. The number of nitrogens with zero attached hydrogens (tertiary/aromatic N) is 2. The van der Waals surface area contributed by atoms with Crippen LogP contribution in [0.15, 0.2) is 24.3 Å².